The van der Waals surface area contributed by atoms with E-state index in [-0.39, 0.29) is 0 Å². The third kappa shape index (κ3) is 5.88. The van der Waals surface area contributed by atoms with Crippen molar-refractivity contribution in [3.63, 3.8) is 0 Å². The van der Waals surface area contributed by atoms with Crippen LogP contribution in [0.2, 0.25) is 0 Å². The van der Waals surface area contributed by atoms with Crippen LogP contribution < -0.4 is 5.32 Å². The molecule has 17 heavy (non-hydrogen) atoms. The maximum Gasteiger partial charge on any atom is 0.0208 e. The van der Waals surface area contributed by atoms with Gasteiger partial charge in [-0.25, -0.2) is 0 Å². The van der Waals surface area contributed by atoms with E-state index in [2.05, 4.69) is 50.4 Å². The van der Waals surface area contributed by atoms with Gasteiger partial charge in [-0.05, 0) is 25.3 Å². The summed E-state index contributed by atoms with van der Waals surface area (Å²) in [6.07, 6.45) is 6.58. The molecule has 0 aliphatic carbocycles. The third-order valence-electron chi connectivity index (χ3n) is 3.33. The predicted molar refractivity (Wildman–Crippen MR) is 76.2 cm³/mol. The van der Waals surface area contributed by atoms with E-state index in [1.54, 1.807) is 0 Å². The second-order valence-electron chi connectivity index (χ2n) is 4.97. The van der Waals surface area contributed by atoms with Crippen molar-refractivity contribution in [3.8, 4) is 0 Å². The van der Waals surface area contributed by atoms with Crippen LogP contribution >= 0.6 is 0 Å². The topological polar surface area (TPSA) is 12.0 Å². The molecule has 0 fully saturated rings. The monoisotopic (exact) mass is 233 g/mol. The Morgan fingerprint density at radius 2 is 2.00 bits per heavy atom. The highest BCUT2D eigenvalue weighted by Crippen LogP contribution is 2.08. The molecule has 0 saturated heterocycles. The third-order valence-corrected chi connectivity index (χ3v) is 3.33. The van der Waals surface area contributed by atoms with Gasteiger partial charge in [0.25, 0.3) is 0 Å². The van der Waals surface area contributed by atoms with Crippen molar-refractivity contribution >= 4 is 0 Å². The van der Waals surface area contributed by atoms with Gasteiger partial charge in [-0.15, -0.1) is 0 Å². The molecule has 1 rings (SSSR count). The summed E-state index contributed by atoms with van der Waals surface area (Å²) in [5.74, 6) is 0. The molecule has 1 aromatic rings. The summed E-state index contributed by atoms with van der Waals surface area (Å²) in [7, 11) is 0. The van der Waals surface area contributed by atoms with Crippen LogP contribution in [0, 0.1) is 6.92 Å². The molecule has 1 nitrogen and oxygen atoms in total. The fourth-order valence-electron chi connectivity index (χ4n) is 2.18. The Morgan fingerprint density at radius 3 is 2.65 bits per heavy atom. The van der Waals surface area contributed by atoms with Gasteiger partial charge < -0.3 is 5.32 Å². The van der Waals surface area contributed by atoms with Crippen LogP contribution in [0.25, 0.3) is 0 Å². The van der Waals surface area contributed by atoms with Crippen LogP contribution in [-0.2, 0) is 6.54 Å². The minimum Gasteiger partial charge on any atom is -0.310 e. The number of unbranched alkanes of at least 4 members (excludes halogenated alkanes) is 2. The Hall–Kier alpha value is -0.820. The Labute approximate surface area is 107 Å². The molecule has 1 N–H and O–H groups in total. The summed E-state index contributed by atoms with van der Waals surface area (Å²) in [4.78, 5) is 0. The average molecular weight is 233 g/mol. The zero-order valence-corrected chi connectivity index (χ0v) is 11.6. The van der Waals surface area contributed by atoms with E-state index >= 15 is 0 Å². The minimum absolute atomic E-state index is 0.682. The number of aryl methyl sites for hydroxylation is 1. The fourth-order valence-corrected chi connectivity index (χ4v) is 2.18. The van der Waals surface area contributed by atoms with E-state index < -0.39 is 0 Å². The molecule has 0 heterocycles. The van der Waals surface area contributed by atoms with E-state index in [9.17, 15) is 0 Å². The molecular weight excluding hydrogens is 206 g/mol. The van der Waals surface area contributed by atoms with E-state index in [1.165, 1.54) is 43.2 Å². The normalized spacial score (nSPS) is 12.6. The predicted octanol–water partition coefficient (Wildman–Crippen LogP) is 4.44. The van der Waals surface area contributed by atoms with Crippen LogP contribution in [0.4, 0.5) is 0 Å². The lowest BCUT2D eigenvalue weighted by atomic mass is 10.1. The first-order chi connectivity index (χ1) is 8.26. The second-order valence-corrected chi connectivity index (χ2v) is 4.97. The van der Waals surface area contributed by atoms with Gasteiger partial charge in [0.15, 0.2) is 0 Å². The smallest absolute Gasteiger partial charge is 0.0208 e. The molecule has 0 aliphatic rings. The van der Waals surface area contributed by atoms with Crippen molar-refractivity contribution in [2.24, 2.45) is 0 Å². The number of hydrogen-bond donors (Lipinski definition) is 1. The summed E-state index contributed by atoms with van der Waals surface area (Å²) in [6, 6.07) is 9.46. The first-order valence-corrected chi connectivity index (χ1v) is 7.05. The summed E-state index contributed by atoms with van der Waals surface area (Å²) in [5.41, 5.74) is 2.75. The van der Waals surface area contributed by atoms with E-state index in [4.69, 9.17) is 0 Å². The highest BCUT2D eigenvalue weighted by molar-refractivity contribution is 5.21. The molecule has 0 radical (unpaired) electrons. The molecule has 0 amide bonds. The van der Waals surface area contributed by atoms with Crippen LogP contribution in [0.1, 0.15) is 57.1 Å². The highest BCUT2D eigenvalue weighted by atomic mass is 14.9. The maximum absolute atomic E-state index is 3.67. The number of benzene rings is 1. The van der Waals surface area contributed by atoms with E-state index in [1.807, 2.05) is 0 Å². The van der Waals surface area contributed by atoms with Crippen LogP contribution in [-0.4, -0.2) is 6.04 Å². The Bertz CT molecular complexity index is 306. The van der Waals surface area contributed by atoms with Crippen molar-refractivity contribution in [1.82, 2.24) is 5.32 Å². The quantitative estimate of drug-likeness (QED) is 0.654. The van der Waals surface area contributed by atoms with Gasteiger partial charge in [-0.1, -0.05) is 62.9 Å². The van der Waals surface area contributed by atoms with Crippen molar-refractivity contribution in [2.75, 3.05) is 0 Å². The van der Waals surface area contributed by atoms with Crippen LogP contribution in [0.15, 0.2) is 24.3 Å². The van der Waals surface area contributed by atoms with Crippen molar-refractivity contribution in [3.05, 3.63) is 35.4 Å². The molecule has 0 aromatic heterocycles. The van der Waals surface area contributed by atoms with Gasteiger partial charge in [-0.3, -0.25) is 0 Å². The van der Waals surface area contributed by atoms with Crippen molar-refractivity contribution < 1.29 is 0 Å². The van der Waals surface area contributed by atoms with Crippen LogP contribution in [0.5, 0.6) is 0 Å². The zero-order valence-electron chi connectivity index (χ0n) is 11.6. The number of hydrogen-bond acceptors (Lipinski definition) is 1. The van der Waals surface area contributed by atoms with Gasteiger partial charge in [0.1, 0.15) is 0 Å². The molecule has 0 saturated carbocycles. The highest BCUT2D eigenvalue weighted by Gasteiger charge is 2.04. The van der Waals surface area contributed by atoms with Gasteiger partial charge in [0.2, 0.25) is 0 Å². The maximum atomic E-state index is 3.67. The Morgan fingerprint density at radius 1 is 1.18 bits per heavy atom. The van der Waals surface area contributed by atoms with Gasteiger partial charge in [-0.2, -0.15) is 0 Å². The second kappa shape index (κ2) is 8.30. The SMILES string of the molecule is CCCCCC(CC)NCc1cccc(C)c1. The van der Waals surface area contributed by atoms with Crippen LogP contribution in [0.3, 0.4) is 0 Å². The molecule has 1 unspecified atom stereocenters. The summed E-state index contributed by atoms with van der Waals surface area (Å²) >= 11 is 0. The molecule has 0 bridgehead atoms. The van der Waals surface area contributed by atoms with Crippen molar-refractivity contribution in [1.29, 1.82) is 0 Å². The molecule has 0 aliphatic heterocycles. The summed E-state index contributed by atoms with van der Waals surface area (Å²) < 4.78 is 0. The standard InChI is InChI=1S/C16H27N/c1-4-6-7-11-16(5-2)17-13-15-10-8-9-14(3)12-15/h8-10,12,16-17H,4-7,11,13H2,1-3H3. The Balaban J connectivity index is 2.31. The molecule has 0 spiro atoms. The number of nitrogens with one attached hydrogen (secondary N) is 1. The van der Waals surface area contributed by atoms with Gasteiger partial charge in [0, 0.05) is 12.6 Å². The van der Waals surface area contributed by atoms with Crippen molar-refractivity contribution in [2.45, 2.75) is 65.5 Å². The lowest BCUT2D eigenvalue weighted by Crippen LogP contribution is -2.27. The van der Waals surface area contributed by atoms with E-state index in [0.717, 1.165) is 6.54 Å². The molecule has 1 aromatic carbocycles. The lowest BCUT2D eigenvalue weighted by molar-refractivity contribution is 0.446. The first kappa shape index (κ1) is 14.2. The minimum atomic E-state index is 0.682. The first-order valence-electron chi connectivity index (χ1n) is 7.05. The summed E-state index contributed by atoms with van der Waals surface area (Å²) in [6.45, 7) is 7.70. The molecular formula is C16H27N. The largest absolute Gasteiger partial charge is 0.310 e. The molecule has 1 atom stereocenters. The number of rotatable bonds is 8. The van der Waals surface area contributed by atoms with Gasteiger partial charge >= 0.3 is 0 Å². The Kier molecular flexibility index (Phi) is 6.95. The molecule has 96 valence electrons. The zero-order chi connectivity index (χ0) is 12.5. The fraction of sp³-hybridized carbons (Fsp3) is 0.625. The van der Waals surface area contributed by atoms with Gasteiger partial charge in [0.05, 0.1) is 0 Å². The average Bonchev–Trinajstić information content (AvgIpc) is 2.34. The van der Waals surface area contributed by atoms with E-state index in [0.29, 0.717) is 6.04 Å². The summed E-state index contributed by atoms with van der Waals surface area (Å²) in [5, 5.41) is 3.67. The lowest BCUT2D eigenvalue weighted by Gasteiger charge is -2.17. The molecule has 1 heteroatoms.